The number of para-hydroxylation sites is 1. The molecule has 0 aliphatic heterocycles. The van der Waals surface area contributed by atoms with Gasteiger partial charge in [-0.3, -0.25) is 9.59 Å². The van der Waals surface area contributed by atoms with Gasteiger partial charge in [-0.05, 0) is 69.0 Å². The van der Waals surface area contributed by atoms with Crippen molar-refractivity contribution in [2.24, 2.45) is 0 Å². The topological polar surface area (TPSA) is 87.7 Å². The summed E-state index contributed by atoms with van der Waals surface area (Å²) in [4.78, 5) is 42.6. The average molecular weight is 576 g/mol. The third-order valence-corrected chi connectivity index (χ3v) is 6.70. The summed E-state index contributed by atoms with van der Waals surface area (Å²) in [6.07, 6.45) is 1.17. The van der Waals surface area contributed by atoms with E-state index in [1.54, 1.807) is 52.0 Å². The normalized spacial score (nSPS) is 12.5. The molecule has 3 amide bonds. The summed E-state index contributed by atoms with van der Waals surface area (Å²) < 4.78 is 5.47. The Morgan fingerprint density at radius 2 is 1.71 bits per heavy atom. The standard InChI is InChI=1S/C33H38ClN3O4/c1-7-23-17-13-18-25(20-23)29(30(38)36-28-22(3)14-12-19-26(28)34)37(8-2)31(39)27(21-24-15-10-9-11-16-24)35-32(40)41-33(4,5)6/h7,9-20,27,29H,1,8,21H2,2-6H3,(H,35,40)(H,36,38). The number of halogens is 1. The molecule has 0 spiro atoms. The summed E-state index contributed by atoms with van der Waals surface area (Å²) in [7, 11) is 0. The zero-order valence-corrected chi connectivity index (χ0v) is 25.0. The molecule has 216 valence electrons. The van der Waals surface area contributed by atoms with Crippen molar-refractivity contribution in [3.8, 4) is 0 Å². The lowest BCUT2D eigenvalue weighted by molar-refractivity contribution is -0.140. The van der Waals surface area contributed by atoms with Crippen molar-refractivity contribution >= 4 is 41.3 Å². The van der Waals surface area contributed by atoms with E-state index in [4.69, 9.17) is 16.3 Å². The molecule has 7 nitrogen and oxygen atoms in total. The fraction of sp³-hybridized carbons (Fsp3) is 0.303. The summed E-state index contributed by atoms with van der Waals surface area (Å²) >= 11 is 6.43. The molecule has 0 bridgehead atoms. The molecule has 3 aromatic rings. The number of nitrogens with one attached hydrogen (secondary N) is 2. The minimum Gasteiger partial charge on any atom is -0.444 e. The second-order valence-corrected chi connectivity index (χ2v) is 11.1. The predicted octanol–water partition coefficient (Wildman–Crippen LogP) is 6.96. The van der Waals surface area contributed by atoms with Crippen LogP contribution in [-0.4, -0.2) is 41.0 Å². The molecule has 0 fully saturated rings. The van der Waals surface area contributed by atoms with Crippen LogP contribution in [0, 0.1) is 6.92 Å². The van der Waals surface area contributed by atoms with E-state index in [2.05, 4.69) is 17.2 Å². The highest BCUT2D eigenvalue weighted by Gasteiger charge is 2.36. The first-order valence-electron chi connectivity index (χ1n) is 13.6. The van der Waals surface area contributed by atoms with Crippen molar-refractivity contribution in [3.05, 3.63) is 107 Å². The fourth-order valence-corrected chi connectivity index (χ4v) is 4.75. The van der Waals surface area contributed by atoms with E-state index in [0.29, 0.717) is 16.3 Å². The summed E-state index contributed by atoms with van der Waals surface area (Å²) in [6.45, 7) is 12.9. The summed E-state index contributed by atoms with van der Waals surface area (Å²) in [5.74, 6) is -0.865. The number of alkyl carbamates (subject to hydrolysis) is 1. The van der Waals surface area contributed by atoms with Gasteiger partial charge in [-0.1, -0.05) is 84.9 Å². The number of amides is 3. The van der Waals surface area contributed by atoms with Crippen molar-refractivity contribution in [3.63, 3.8) is 0 Å². The second-order valence-electron chi connectivity index (χ2n) is 10.7. The molecular formula is C33H38ClN3O4. The third kappa shape index (κ3) is 8.69. The van der Waals surface area contributed by atoms with Crippen LogP contribution in [0.3, 0.4) is 0 Å². The van der Waals surface area contributed by atoms with E-state index in [-0.39, 0.29) is 13.0 Å². The van der Waals surface area contributed by atoms with E-state index in [1.165, 1.54) is 4.90 Å². The van der Waals surface area contributed by atoms with Crippen LogP contribution < -0.4 is 10.6 Å². The number of anilines is 1. The largest absolute Gasteiger partial charge is 0.444 e. The maximum absolute atomic E-state index is 14.3. The Hall–Kier alpha value is -4.10. The van der Waals surface area contributed by atoms with Gasteiger partial charge >= 0.3 is 6.09 Å². The van der Waals surface area contributed by atoms with Gasteiger partial charge in [-0.25, -0.2) is 4.79 Å². The first kappa shape index (κ1) is 31.4. The number of nitrogens with zero attached hydrogens (tertiary/aromatic N) is 1. The Morgan fingerprint density at radius 3 is 2.32 bits per heavy atom. The third-order valence-electron chi connectivity index (χ3n) is 6.39. The Morgan fingerprint density at radius 1 is 1.02 bits per heavy atom. The molecule has 8 heteroatoms. The van der Waals surface area contributed by atoms with Gasteiger partial charge in [-0.2, -0.15) is 0 Å². The van der Waals surface area contributed by atoms with Crippen LogP contribution in [-0.2, 0) is 20.7 Å². The summed E-state index contributed by atoms with van der Waals surface area (Å²) in [5, 5.41) is 6.08. The fourth-order valence-electron chi connectivity index (χ4n) is 4.48. The number of benzene rings is 3. The molecular weight excluding hydrogens is 538 g/mol. The van der Waals surface area contributed by atoms with E-state index in [1.807, 2.05) is 61.5 Å². The Bertz CT molecular complexity index is 1360. The van der Waals surface area contributed by atoms with Gasteiger partial charge in [0.15, 0.2) is 0 Å². The van der Waals surface area contributed by atoms with Crippen molar-refractivity contribution in [1.29, 1.82) is 0 Å². The zero-order chi connectivity index (χ0) is 30.2. The highest BCUT2D eigenvalue weighted by Crippen LogP contribution is 2.30. The lowest BCUT2D eigenvalue weighted by Gasteiger charge is -2.34. The van der Waals surface area contributed by atoms with Crippen LogP contribution in [0.2, 0.25) is 5.02 Å². The van der Waals surface area contributed by atoms with Crippen LogP contribution in [0.1, 0.15) is 56.0 Å². The van der Waals surface area contributed by atoms with Gasteiger partial charge in [0.2, 0.25) is 5.91 Å². The SMILES string of the molecule is C=Cc1cccc(C(C(=O)Nc2c(C)cccc2Cl)N(CC)C(=O)C(Cc2ccccc2)NC(=O)OC(C)(C)C)c1. The number of ether oxygens (including phenoxy) is 1. The van der Waals surface area contributed by atoms with Crippen LogP contribution in [0.15, 0.2) is 79.4 Å². The number of likely N-dealkylation sites (N-methyl/N-ethyl adjacent to an activating group) is 1. The molecule has 0 saturated heterocycles. The van der Waals surface area contributed by atoms with Gasteiger partial charge < -0.3 is 20.3 Å². The first-order valence-corrected chi connectivity index (χ1v) is 13.9. The summed E-state index contributed by atoms with van der Waals surface area (Å²) in [5.41, 5.74) is 2.74. The van der Waals surface area contributed by atoms with Crippen LogP contribution >= 0.6 is 11.6 Å². The van der Waals surface area contributed by atoms with Crippen molar-refractivity contribution in [1.82, 2.24) is 10.2 Å². The molecule has 3 rings (SSSR count). The Kier molecular flexibility index (Phi) is 10.7. The molecule has 0 aliphatic rings. The second kappa shape index (κ2) is 14.0. The average Bonchev–Trinajstić information content (AvgIpc) is 2.92. The van der Waals surface area contributed by atoms with E-state index >= 15 is 0 Å². The number of hydrogen-bond donors (Lipinski definition) is 2. The molecule has 2 atom stereocenters. The smallest absolute Gasteiger partial charge is 0.408 e. The van der Waals surface area contributed by atoms with Gasteiger partial charge in [0.1, 0.15) is 17.7 Å². The van der Waals surface area contributed by atoms with Gasteiger partial charge in [-0.15, -0.1) is 0 Å². The molecule has 3 aromatic carbocycles. The Labute approximate surface area is 247 Å². The number of carbonyl (C=O) groups is 3. The lowest BCUT2D eigenvalue weighted by atomic mass is 9.98. The minimum absolute atomic E-state index is 0.192. The monoisotopic (exact) mass is 575 g/mol. The molecule has 2 N–H and O–H groups in total. The molecule has 0 aromatic heterocycles. The Balaban J connectivity index is 2.05. The number of hydrogen-bond acceptors (Lipinski definition) is 4. The van der Waals surface area contributed by atoms with Gasteiger partial charge in [0.25, 0.3) is 5.91 Å². The first-order chi connectivity index (χ1) is 19.4. The number of aryl methyl sites for hydroxylation is 1. The quantitative estimate of drug-likeness (QED) is 0.274. The van der Waals surface area contributed by atoms with Crippen LogP contribution in [0.25, 0.3) is 6.08 Å². The molecule has 0 radical (unpaired) electrons. The maximum atomic E-state index is 14.3. The van der Waals surface area contributed by atoms with Crippen molar-refractivity contribution < 1.29 is 19.1 Å². The van der Waals surface area contributed by atoms with E-state index in [0.717, 1.165) is 16.7 Å². The van der Waals surface area contributed by atoms with Crippen LogP contribution in [0.5, 0.6) is 0 Å². The highest BCUT2D eigenvalue weighted by atomic mass is 35.5. The van der Waals surface area contributed by atoms with E-state index < -0.39 is 35.6 Å². The molecule has 0 heterocycles. The molecule has 2 unspecified atom stereocenters. The minimum atomic E-state index is -1.03. The maximum Gasteiger partial charge on any atom is 0.408 e. The van der Waals surface area contributed by atoms with E-state index in [9.17, 15) is 14.4 Å². The molecule has 0 aliphatic carbocycles. The number of carbonyl (C=O) groups excluding carboxylic acids is 3. The lowest BCUT2D eigenvalue weighted by Crippen LogP contribution is -2.53. The van der Waals surface area contributed by atoms with Crippen LogP contribution in [0.4, 0.5) is 10.5 Å². The number of rotatable bonds is 10. The molecule has 41 heavy (non-hydrogen) atoms. The predicted molar refractivity (Wildman–Crippen MR) is 165 cm³/mol. The van der Waals surface area contributed by atoms with Crippen molar-refractivity contribution in [2.45, 2.75) is 58.7 Å². The summed E-state index contributed by atoms with van der Waals surface area (Å²) in [6, 6.07) is 20.0. The molecule has 0 saturated carbocycles. The zero-order valence-electron chi connectivity index (χ0n) is 24.2. The highest BCUT2D eigenvalue weighted by molar-refractivity contribution is 6.34. The van der Waals surface area contributed by atoms with Gasteiger partial charge in [0.05, 0.1) is 10.7 Å². The van der Waals surface area contributed by atoms with Gasteiger partial charge in [0, 0.05) is 13.0 Å². The van der Waals surface area contributed by atoms with Crippen molar-refractivity contribution in [2.75, 3.05) is 11.9 Å².